The third-order valence-electron chi connectivity index (χ3n) is 4.93. The number of sulfone groups is 1. The first-order valence-corrected chi connectivity index (χ1v) is 11.8. The fourth-order valence-electron chi connectivity index (χ4n) is 3.32. The highest BCUT2D eigenvalue weighted by molar-refractivity contribution is 8.15. The van der Waals surface area contributed by atoms with E-state index in [9.17, 15) is 17.6 Å². The van der Waals surface area contributed by atoms with E-state index >= 15 is 0 Å². The van der Waals surface area contributed by atoms with Crippen molar-refractivity contribution in [2.45, 2.75) is 24.8 Å². The predicted octanol–water partition coefficient (Wildman–Crippen LogP) is 2.74. The number of thioether (sulfide) groups is 1. The van der Waals surface area contributed by atoms with Gasteiger partial charge in [0.1, 0.15) is 5.82 Å². The number of hydrogen-bond acceptors (Lipinski definition) is 6. The molecule has 0 bridgehead atoms. The second kappa shape index (κ2) is 7.79. The zero-order valence-corrected chi connectivity index (χ0v) is 17.3. The van der Waals surface area contributed by atoms with Crippen LogP contribution in [0.5, 0.6) is 0 Å². The highest BCUT2D eigenvalue weighted by Gasteiger charge is 2.42. The molecule has 29 heavy (non-hydrogen) atoms. The Labute approximate surface area is 172 Å². The van der Waals surface area contributed by atoms with Gasteiger partial charge in [-0.3, -0.25) is 9.79 Å². The van der Waals surface area contributed by atoms with Crippen molar-refractivity contribution in [1.29, 1.82) is 0 Å². The third-order valence-corrected chi connectivity index (χ3v) is 8.07. The third kappa shape index (κ3) is 4.62. The number of rotatable bonds is 4. The minimum atomic E-state index is -2.99. The van der Waals surface area contributed by atoms with E-state index in [-0.39, 0.29) is 34.5 Å². The minimum Gasteiger partial charge on any atom is -0.348 e. The van der Waals surface area contributed by atoms with Crippen LogP contribution in [0.1, 0.15) is 21.5 Å². The highest BCUT2D eigenvalue weighted by Crippen LogP contribution is 2.35. The van der Waals surface area contributed by atoms with E-state index in [1.165, 1.54) is 23.9 Å². The number of anilines is 1. The molecule has 2 aliphatic rings. The van der Waals surface area contributed by atoms with Crippen molar-refractivity contribution in [1.82, 2.24) is 5.32 Å². The lowest BCUT2D eigenvalue weighted by Crippen LogP contribution is -2.23. The number of benzene rings is 2. The maximum atomic E-state index is 13.0. The molecule has 2 N–H and O–H groups in total. The fourth-order valence-corrected chi connectivity index (χ4v) is 6.98. The summed E-state index contributed by atoms with van der Waals surface area (Å²) in [6, 6.07) is 11.1. The molecule has 2 aromatic rings. The first-order chi connectivity index (χ1) is 13.8. The molecule has 0 unspecified atom stereocenters. The fraction of sp³-hybridized carbons (Fsp3) is 0.300. The summed E-state index contributed by atoms with van der Waals surface area (Å²) in [7, 11) is -2.99. The van der Waals surface area contributed by atoms with Crippen molar-refractivity contribution in [3.63, 3.8) is 0 Å². The van der Waals surface area contributed by atoms with Gasteiger partial charge in [0, 0.05) is 23.0 Å². The van der Waals surface area contributed by atoms with Gasteiger partial charge in [-0.25, -0.2) is 12.8 Å². The standard InChI is InChI=1S/C20H20FN3O3S2/c1-12-2-5-14(19(25)22-9-13-3-6-15(21)7-4-13)8-16(12)23-20-24-17-10-29(26,27)11-18(17)28-20/h2-8,17-18H,9-11H2,1H3,(H,22,25)(H,23,24)/t17-,18+/m1/s1. The summed E-state index contributed by atoms with van der Waals surface area (Å²) in [4.78, 5) is 17.0. The van der Waals surface area contributed by atoms with Gasteiger partial charge in [0.15, 0.2) is 15.0 Å². The Kier molecular flexibility index (Phi) is 5.35. The topological polar surface area (TPSA) is 87.6 Å². The number of halogens is 1. The number of aryl methyl sites for hydroxylation is 1. The summed E-state index contributed by atoms with van der Waals surface area (Å²) in [5.74, 6) is -0.298. The molecule has 0 saturated carbocycles. The first-order valence-electron chi connectivity index (χ1n) is 9.14. The van der Waals surface area contributed by atoms with Gasteiger partial charge >= 0.3 is 0 Å². The zero-order chi connectivity index (χ0) is 20.6. The average Bonchev–Trinajstić information content (AvgIpc) is 3.15. The highest BCUT2D eigenvalue weighted by atomic mass is 32.2. The summed E-state index contributed by atoms with van der Waals surface area (Å²) in [5.41, 5.74) is 3.01. The number of nitrogens with zero attached hydrogens (tertiary/aromatic N) is 1. The molecule has 0 radical (unpaired) electrons. The van der Waals surface area contributed by atoms with Gasteiger partial charge < -0.3 is 10.6 Å². The smallest absolute Gasteiger partial charge is 0.251 e. The second-order valence-corrected chi connectivity index (χ2v) is 10.6. The van der Waals surface area contributed by atoms with Crippen LogP contribution in [0.4, 0.5) is 10.1 Å². The SMILES string of the molecule is Cc1ccc(C(=O)NCc2ccc(F)cc2)cc1NC1=N[C@@H]2CS(=O)(=O)C[C@@H]2S1. The lowest BCUT2D eigenvalue weighted by atomic mass is 10.1. The van der Waals surface area contributed by atoms with Crippen molar-refractivity contribution in [3.8, 4) is 0 Å². The van der Waals surface area contributed by atoms with Crippen LogP contribution in [0.25, 0.3) is 0 Å². The molecule has 2 heterocycles. The van der Waals surface area contributed by atoms with Gasteiger partial charge in [0.2, 0.25) is 0 Å². The van der Waals surface area contributed by atoms with Crippen LogP contribution in [0, 0.1) is 12.7 Å². The molecule has 152 valence electrons. The Hall–Kier alpha value is -2.39. The normalized spacial score (nSPS) is 22.1. The molecule has 1 amide bonds. The number of nitrogens with one attached hydrogen (secondary N) is 2. The van der Waals surface area contributed by atoms with Crippen molar-refractivity contribution >= 4 is 38.4 Å². The molecule has 1 fully saturated rings. The van der Waals surface area contributed by atoms with Gasteiger partial charge in [0.05, 0.1) is 17.5 Å². The molecule has 9 heteroatoms. The number of amidine groups is 1. The van der Waals surface area contributed by atoms with E-state index < -0.39 is 9.84 Å². The number of carbonyl (C=O) groups excluding carboxylic acids is 1. The van der Waals surface area contributed by atoms with Gasteiger partial charge in [-0.15, -0.1) is 0 Å². The van der Waals surface area contributed by atoms with Crippen LogP contribution in [0.3, 0.4) is 0 Å². The van der Waals surface area contributed by atoms with Crippen LogP contribution in [0.2, 0.25) is 0 Å². The molecular weight excluding hydrogens is 413 g/mol. The Bertz CT molecular complexity index is 1080. The number of hydrogen-bond donors (Lipinski definition) is 2. The number of carbonyl (C=O) groups is 1. The van der Waals surface area contributed by atoms with Gasteiger partial charge in [-0.2, -0.15) is 0 Å². The Morgan fingerprint density at radius 2 is 1.97 bits per heavy atom. The summed E-state index contributed by atoms with van der Waals surface area (Å²) < 4.78 is 36.4. The average molecular weight is 434 g/mol. The van der Waals surface area contributed by atoms with E-state index in [2.05, 4.69) is 15.6 Å². The molecule has 6 nitrogen and oxygen atoms in total. The number of aliphatic imine (C=N–C) groups is 1. The molecule has 2 aromatic carbocycles. The van der Waals surface area contributed by atoms with E-state index in [0.717, 1.165) is 16.8 Å². The molecule has 4 rings (SSSR count). The molecule has 2 atom stereocenters. The summed E-state index contributed by atoms with van der Waals surface area (Å²) >= 11 is 1.44. The largest absolute Gasteiger partial charge is 0.348 e. The van der Waals surface area contributed by atoms with E-state index in [1.807, 2.05) is 13.0 Å². The quantitative estimate of drug-likeness (QED) is 0.774. The molecule has 0 spiro atoms. The Morgan fingerprint density at radius 3 is 2.69 bits per heavy atom. The molecular formula is C20H20FN3O3S2. The number of amides is 1. The maximum absolute atomic E-state index is 13.0. The van der Waals surface area contributed by atoms with Crippen LogP contribution >= 0.6 is 11.8 Å². The second-order valence-electron chi connectivity index (χ2n) is 7.20. The van der Waals surface area contributed by atoms with Gasteiger partial charge in [0.25, 0.3) is 5.91 Å². The van der Waals surface area contributed by atoms with Crippen molar-refractivity contribution in [2.75, 3.05) is 16.8 Å². The van der Waals surface area contributed by atoms with E-state index in [4.69, 9.17) is 0 Å². The summed E-state index contributed by atoms with van der Waals surface area (Å²) in [6.45, 7) is 2.23. The van der Waals surface area contributed by atoms with E-state index in [1.54, 1.807) is 24.3 Å². The van der Waals surface area contributed by atoms with Gasteiger partial charge in [-0.1, -0.05) is 30.0 Å². The zero-order valence-electron chi connectivity index (χ0n) is 15.7. The first kappa shape index (κ1) is 19.9. The maximum Gasteiger partial charge on any atom is 0.251 e. The van der Waals surface area contributed by atoms with Crippen LogP contribution < -0.4 is 10.6 Å². The predicted molar refractivity (Wildman–Crippen MR) is 114 cm³/mol. The van der Waals surface area contributed by atoms with Crippen LogP contribution in [-0.4, -0.2) is 42.3 Å². The Morgan fingerprint density at radius 1 is 1.21 bits per heavy atom. The molecule has 0 aromatic heterocycles. The minimum absolute atomic E-state index is 0.0370. The molecule has 0 aliphatic carbocycles. The Balaban J connectivity index is 1.42. The van der Waals surface area contributed by atoms with Crippen molar-refractivity contribution < 1.29 is 17.6 Å². The lowest BCUT2D eigenvalue weighted by molar-refractivity contribution is 0.0951. The monoisotopic (exact) mass is 433 g/mol. The summed E-state index contributed by atoms with van der Waals surface area (Å²) in [5, 5.41) is 6.71. The van der Waals surface area contributed by atoms with Gasteiger partial charge in [-0.05, 0) is 42.3 Å². The lowest BCUT2D eigenvalue weighted by Gasteiger charge is -2.12. The van der Waals surface area contributed by atoms with Crippen LogP contribution in [-0.2, 0) is 16.4 Å². The van der Waals surface area contributed by atoms with Crippen LogP contribution in [0.15, 0.2) is 47.5 Å². The van der Waals surface area contributed by atoms with E-state index in [0.29, 0.717) is 17.3 Å². The number of fused-ring (bicyclic) bond motifs is 1. The van der Waals surface area contributed by atoms with Crippen molar-refractivity contribution in [2.24, 2.45) is 4.99 Å². The summed E-state index contributed by atoms with van der Waals surface area (Å²) in [6.07, 6.45) is 0. The van der Waals surface area contributed by atoms with Crippen molar-refractivity contribution in [3.05, 3.63) is 65.0 Å². The molecule has 2 aliphatic heterocycles. The molecule has 1 saturated heterocycles.